The van der Waals surface area contributed by atoms with Gasteiger partial charge < -0.3 is 15.2 Å². The van der Waals surface area contributed by atoms with Gasteiger partial charge in [0.1, 0.15) is 0 Å². The highest BCUT2D eigenvalue weighted by Crippen LogP contribution is 2.56. The Morgan fingerprint density at radius 3 is 2.33 bits per heavy atom. The zero-order valence-corrected chi connectivity index (χ0v) is 27.1. The van der Waals surface area contributed by atoms with Crippen molar-refractivity contribution >= 4 is 72.3 Å². The molecule has 0 bridgehead atoms. The summed E-state index contributed by atoms with van der Waals surface area (Å²) in [6.45, 7) is 0. The third-order valence-corrected chi connectivity index (χ3v) is 10.3. The summed E-state index contributed by atoms with van der Waals surface area (Å²) in [6, 6.07) is 20.2. The molecule has 3 aliphatic carbocycles. The third-order valence-electron chi connectivity index (χ3n) is 9.12. The van der Waals surface area contributed by atoms with Gasteiger partial charge >= 0.3 is 0 Å². The molecule has 1 aliphatic heterocycles. The van der Waals surface area contributed by atoms with E-state index < -0.39 is 23.7 Å². The average molecular weight is 730 g/mol. The largest absolute Gasteiger partial charge is 0.503 e. The second kappa shape index (κ2) is 11.3. The van der Waals surface area contributed by atoms with Crippen molar-refractivity contribution in [2.75, 3.05) is 17.3 Å². The van der Waals surface area contributed by atoms with E-state index in [0.717, 1.165) is 16.9 Å². The van der Waals surface area contributed by atoms with Gasteiger partial charge in [0.25, 0.3) is 0 Å². The van der Waals surface area contributed by atoms with Gasteiger partial charge in [0.05, 0.1) is 33.6 Å². The molecule has 1 saturated heterocycles. The highest BCUT2D eigenvalue weighted by Gasteiger charge is 2.56. The van der Waals surface area contributed by atoms with Gasteiger partial charge in [-0.1, -0.05) is 29.8 Å². The topological polar surface area (TPSA) is 113 Å². The van der Waals surface area contributed by atoms with Crippen LogP contribution in [0, 0.1) is 17.8 Å². The Balaban J connectivity index is 1.27. The van der Waals surface area contributed by atoms with Crippen molar-refractivity contribution in [2.45, 2.75) is 18.8 Å². The Kier molecular flexibility index (Phi) is 7.37. The predicted octanol–water partition coefficient (Wildman–Crippen LogP) is 6.87. The molecule has 0 spiro atoms. The van der Waals surface area contributed by atoms with Crippen LogP contribution in [-0.4, -0.2) is 35.6 Å². The summed E-state index contributed by atoms with van der Waals surface area (Å²) < 4.78 is 5.93. The van der Waals surface area contributed by atoms with E-state index in [4.69, 9.17) is 4.74 Å². The fourth-order valence-electron chi connectivity index (χ4n) is 7.14. The highest BCUT2D eigenvalue weighted by atomic mass is 79.9. The zero-order chi connectivity index (χ0) is 31.6. The van der Waals surface area contributed by atoms with Crippen molar-refractivity contribution in [3.05, 3.63) is 110 Å². The molecule has 2 N–H and O–H groups in total. The second-order valence-corrected chi connectivity index (χ2v) is 13.2. The van der Waals surface area contributed by atoms with E-state index in [0.29, 0.717) is 33.3 Å². The number of ketones is 2. The first-order valence-corrected chi connectivity index (χ1v) is 16.0. The standard InChI is InChI=1S/C35H26Br2N2O6/c1-45-28-14-17(13-25(36)33(28)42)29-21-11-12-22-30(23(21)15-24-31(29)27(40)16-26(37)32(24)41)35(44)39(34(22)43)20-9-7-19(8-10-20)38-18-5-3-2-4-6-18/h2-11,13-14,16,22-23,29-30,38,42H,12,15H2,1H3/t22-,23+,29-,30-/m0/s1. The average Bonchev–Trinajstić information content (AvgIpc) is 3.30. The molecule has 1 fully saturated rings. The number of para-hydroxylation sites is 1. The molecule has 226 valence electrons. The molecule has 2 amide bonds. The number of nitrogens with one attached hydrogen (secondary N) is 1. The normalized spacial score (nSPS) is 24.1. The number of Topliss-reactive ketones (excluding diaryl/α,β-unsaturated/α-hetero) is 1. The highest BCUT2D eigenvalue weighted by molar-refractivity contribution is 9.12. The number of hydrogen-bond donors (Lipinski definition) is 2. The summed E-state index contributed by atoms with van der Waals surface area (Å²) in [5, 5.41) is 13.8. The number of anilines is 3. The fraction of sp³-hybridized carbons (Fsp3) is 0.200. The molecular weight excluding hydrogens is 704 g/mol. The maximum Gasteiger partial charge on any atom is 0.238 e. The molecule has 7 rings (SSSR count). The van der Waals surface area contributed by atoms with Crippen LogP contribution in [0.1, 0.15) is 24.3 Å². The number of methoxy groups -OCH3 is 1. The molecule has 0 saturated carbocycles. The molecule has 0 radical (unpaired) electrons. The Morgan fingerprint density at radius 2 is 1.62 bits per heavy atom. The molecule has 1 heterocycles. The number of carbonyl (C=O) groups is 4. The molecule has 45 heavy (non-hydrogen) atoms. The molecular formula is C35H26Br2N2O6. The number of phenolic OH excluding ortho intramolecular Hbond substituents is 1. The summed E-state index contributed by atoms with van der Waals surface area (Å²) in [7, 11) is 1.43. The number of phenols is 1. The number of aromatic hydroxyl groups is 1. The van der Waals surface area contributed by atoms with Crippen LogP contribution in [0.4, 0.5) is 17.1 Å². The number of fused-ring (bicyclic) bond motifs is 3. The van der Waals surface area contributed by atoms with E-state index in [9.17, 15) is 24.3 Å². The first-order valence-electron chi connectivity index (χ1n) is 14.4. The molecule has 3 aromatic rings. The molecule has 8 nitrogen and oxygen atoms in total. The smallest absolute Gasteiger partial charge is 0.238 e. The molecule has 4 atom stereocenters. The lowest BCUT2D eigenvalue weighted by molar-refractivity contribution is -0.123. The summed E-state index contributed by atoms with van der Waals surface area (Å²) in [4.78, 5) is 56.3. The number of rotatable bonds is 5. The van der Waals surface area contributed by atoms with Crippen LogP contribution in [0.5, 0.6) is 11.5 Å². The number of hydrogen-bond acceptors (Lipinski definition) is 7. The Labute approximate surface area is 275 Å². The molecule has 0 unspecified atom stereocenters. The number of carbonyl (C=O) groups excluding carboxylic acids is 4. The SMILES string of the molecule is COc1cc([C@H]2C3=CC[C@@H]4C(=O)N(c5ccc(Nc6ccccc6)cc5)C(=O)[C@@H]4[C@@H]3CC3=C2C(=O)C=C(Br)C3=O)cc(Br)c1O. The van der Waals surface area contributed by atoms with Crippen molar-refractivity contribution in [3.8, 4) is 11.5 Å². The van der Waals surface area contributed by atoms with Gasteiger partial charge in [0, 0.05) is 34.5 Å². The summed E-state index contributed by atoms with van der Waals surface area (Å²) >= 11 is 6.65. The van der Waals surface area contributed by atoms with Crippen LogP contribution >= 0.6 is 31.9 Å². The van der Waals surface area contributed by atoms with Gasteiger partial charge in [-0.05, 0) is 105 Å². The second-order valence-electron chi connectivity index (χ2n) is 11.5. The maximum atomic E-state index is 14.2. The lowest BCUT2D eigenvalue weighted by atomic mass is 9.59. The minimum absolute atomic E-state index is 0.0913. The van der Waals surface area contributed by atoms with Crippen molar-refractivity contribution in [1.29, 1.82) is 0 Å². The van der Waals surface area contributed by atoms with Gasteiger partial charge in [-0.25, -0.2) is 0 Å². The minimum atomic E-state index is -0.703. The van der Waals surface area contributed by atoms with E-state index in [1.807, 2.05) is 48.5 Å². The quantitative estimate of drug-likeness (QED) is 0.167. The van der Waals surface area contributed by atoms with E-state index in [1.54, 1.807) is 24.3 Å². The Bertz CT molecular complexity index is 1900. The van der Waals surface area contributed by atoms with Crippen LogP contribution in [0.15, 0.2) is 105 Å². The van der Waals surface area contributed by atoms with Crippen molar-refractivity contribution in [3.63, 3.8) is 0 Å². The molecule has 0 aromatic heterocycles. The number of ether oxygens (including phenoxy) is 1. The number of imide groups is 1. The van der Waals surface area contributed by atoms with Crippen LogP contribution in [0.3, 0.4) is 0 Å². The lowest BCUT2D eigenvalue weighted by Gasteiger charge is -2.42. The Hall–Kier alpha value is -4.28. The summed E-state index contributed by atoms with van der Waals surface area (Å²) in [6.07, 6.45) is 3.73. The predicted molar refractivity (Wildman–Crippen MR) is 176 cm³/mol. The fourth-order valence-corrected chi connectivity index (χ4v) is 8.05. The molecule has 10 heteroatoms. The van der Waals surface area contributed by atoms with Crippen molar-refractivity contribution in [1.82, 2.24) is 0 Å². The van der Waals surface area contributed by atoms with E-state index in [2.05, 4.69) is 37.2 Å². The van der Waals surface area contributed by atoms with E-state index in [-0.39, 0.29) is 45.8 Å². The van der Waals surface area contributed by atoms with Crippen molar-refractivity contribution < 1.29 is 29.0 Å². The first kappa shape index (κ1) is 29.4. The summed E-state index contributed by atoms with van der Waals surface area (Å²) in [5.41, 5.74) is 4.33. The maximum absolute atomic E-state index is 14.2. The number of halogens is 2. The summed E-state index contributed by atoms with van der Waals surface area (Å²) in [5.74, 6) is -3.54. The zero-order valence-electron chi connectivity index (χ0n) is 23.9. The van der Waals surface area contributed by atoms with E-state index >= 15 is 0 Å². The number of nitrogens with zero attached hydrogens (tertiary/aromatic N) is 1. The van der Waals surface area contributed by atoms with Gasteiger partial charge in [-0.3, -0.25) is 24.1 Å². The lowest BCUT2D eigenvalue weighted by Crippen LogP contribution is -2.39. The van der Waals surface area contributed by atoms with Crippen LogP contribution in [0.25, 0.3) is 0 Å². The van der Waals surface area contributed by atoms with Crippen molar-refractivity contribution in [2.24, 2.45) is 17.8 Å². The minimum Gasteiger partial charge on any atom is -0.503 e. The number of benzene rings is 3. The molecule has 3 aromatic carbocycles. The Morgan fingerprint density at radius 1 is 0.911 bits per heavy atom. The monoisotopic (exact) mass is 728 g/mol. The third kappa shape index (κ3) is 4.78. The van der Waals surface area contributed by atoms with Crippen LogP contribution < -0.4 is 15.0 Å². The van der Waals surface area contributed by atoms with E-state index in [1.165, 1.54) is 18.1 Å². The van der Waals surface area contributed by atoms with Gasteiger partial charge in [-0.2, -0.15) is 0 Å². The van der Waals surface area contributed by atoms with Gasteiger partial charge in [-0.15, -0.1) is 0 Å². The van der Waals surface area contributed by atoms with Gasteiger partial charge in [0.15, 0.2) is 23.1 Å². The number of allylic oxidation sites excluding steroid dienone is 6. The first-order chi connectivity index (χ1) is 21.7. The molecule has 4 aliphatic rings. The van der Waals surface area contributed by atoms with Crippen LogP contribution in [-0.2, 0) is 19.2 Å². The van der Waals surface area contributed by atoms with Crippen LogP contribution in [0.2, 0.25) is 0 Å². The number of amides is 2. The van der Waals surface area contributed by atoms with Gasteiger partial charge in [0.2, 0.25) is 11.8 Å².